The lowest BCUT2D eigenvalue weighted by Gasteiger charge is -2.10. The van der Waals surface area contributed by atoms with Gasteiger partial charge in [0.2, 0.25) is 0 Å². The SMILES string of the molecule is CC(CC#N)NC(=O)c1cc(Cl)nc(Cl)c1. The summed E-state index contributed by atoms with van der Waals surface area (Å²) >= 11 is 11.3. The van der Waals surface area contributed by atoms with Crippen LogP contribution >= 0.6 is 23.2 Å². The molecule has 1 aromatic rings. The highest BCUT2D eigenvalue weighted by Gasteiger charge is 2.11. The molecule has 1 aromatic heterocycles. The van der Waals surface area contributed by atoms with E-state index < -0.39 is 0 Å². The quantitative estimate of drug-likeness (QED) is 0.846. The van der Waals surface area contributed by atoms with E-state index in [0.717, 1.165) is 0 Å². The first-order valence-electron chi connectivity index (χ1n) is 4.54. The van der Waals surface area contributed by atoms with Crippen molar-refractivity contribution in [2.45, 2.75) is 19.4 Å². The molecule has 0 aliphatic carbocycles. The maximum atomic E-state index is 11.7. The number of pyridine rings is 1. The lowest BCUT2D eigenvalue weighted by Crippen LogP contribution is -2.32. The second-order valence-corrected chi connectivity index (χ2v) is 4.01. The molecule has 4 nitrogen and oxygen atoms in total. The van der Waals surface area contributed by atoms with Crippen molar-refractivity contribution in [3.05, 3.63) is 28.0 Å². The highest BCUT2D eigenvalue weighted by molar-refractivity contribution is 6.33. The summed E-state index contributed by atoms with van der Waals surface area (Å²) in [7, 11) is 0. The van der Waals surface area contributed by atoms with Crippen molar-refractivity contribution >= 4 is 29.1 Å². The van der Waals surface area contributed by atoms with Crippen LogP contribution < -0.4 is 5.32 Å². The van der Waals surface area contributed by atoms with Gasteiger partial charge in [0.15, 0.2) is 0 Å². The van der Waals surface area contributed by atoms with Gasteiger partial charge in [0.05, 0.1) is 12.5 Å². The first kappa shape index (κ1) is 12.8. The summed E-state index contributed by atoms with van der Waals surface area (Å²) < 4.78 is 0. The van der Waals surface area contributed by atoms with Gasteiger partial charge in [-0.05, 0) is 19.1 Å². The van der Waals surface area contributed by atoms with Crippen LogP contribution in [0.15, 0.2) is 12.1 Å². The molecule has 1 heterocycles. The van der Waals surface area contributed by atoms with Crippen LogP contribution in [-0.4, -0.2) is 16.9 Å². The monoisotopic (exact) mass is 257 g/mol. The van der Waals surface area contributed by atoms with Gasteiger partial charge >= 0.3 is 0 Å². The molecule has 0 aliphatic rings. The summed E-state index contributed by atoms with van der Waals surface area (Å²) in [6.07, 6.45) is 0.248. The Labute approximate surface area is 103 Å². The molecule has 1 rings (SSSR count). The number of hydrogen-bond acceptors (Lipinski definition) is 3. The third-order valence-corrected chi connectivity index (χ3v) is 2.19. The molecule has 0 aliphatic heterocycles. The second-order valence-electron chi connectivity index (χ2n) is 3.24. The number of rotatable bonds is 3. The highest BCUT2D eigenvalue weighted by Crippen LogP contribution is 2.14. The van der Waals surface area contributed by atoms with E-state index in [1.807, 2.05) is 6.07 Å². The fourth-order valence-electron chi connectivity index (χ4n) is 1.09. The number of carbonyl (C=O) groups is 1. The predicted molar refractivity (Wildman–Crippen MR) is 61.4 cm³/mol. The van der Waals surface area contributed by atoms with E-state index in [0.29, 0.717) is 5.56 Å². The van der Waals surface area contributed by atoms with Crippen LogP contribution in [0.3, 0.4) is 0 Å². The summed E-state index contributed by atoms with van der Waals surface area (Å²) in [6.45, 7) is 1.74. The van der Waals surface area contributed by atoms with Gasteiger partial charge in [0.25, 0.3) is 5.91 Å². The van der Waals surface area contributed by atoms with Gasteiger partial charge in [0.1, 0.15) is 10.3 Å². The van der Waals surface area contributed by atoms with Gasteiger partial charge in [0, 0.05) is 11.6 Å². The fraction of sp³-hybridized carbons (Fsp3) is 0.300. The number of nitrogens with zero attached hydrogens (tertiary/aromatic N) is 2. The van der Waals surface area contributed by atoms with Crippen LogP contribution in [0.25, 0.3) is 0 Å². The minimum atomic E-state index is -0.325. The van der Waals surface area contributed by atoms with E-state index >= 15 is 0 Å². The smallest absolute Gasteiger partial charge is 0.251 e. The molecule has 0 aromatic carbocycles. The molecular formula is C10H9Cl2N3O. The molecule has 0 bridgehead atoms. The van der Waals surface area contributed by atoms with Gasteiger partial charge in [-0.15, -0.1) is 0 Å². The van der Waals surface area contributed by atoms with Crippen molar-refractivity contribution in [1.82, 2.24) is 10.3 Å². The Hall–Kier alpha value is -1.31. The molecule has 6 heteroatoms. The van der Waals surface area contributed by atoms with Crippen LogP contribution in [0, 0.1) is 11.3 Å². The van der Waals surface area contributed by atoms with Crippen LogP contribution in [0.4, 0.5) is 0 Å². The topological polar surface area (TPSA) is 65.8 Å². The van der Waals surface area contributed by atoms with Crippen molar-refractivity contribution in [2.24, 2.45) is 0 Å². The Morgan fingerprint density at radius 2 is 2.12 bits per heavy atom. The van der Waals surface area contributed by atoms with E-state index in [-0.39, 0.29) is 28.7 Å². The lowest BCUT2D eigenvalue weighted by molar-refractivity contribution is 0.0940. The molecule has 16 heavy (non-hydrogen) atoms. The van der Waals surface area contributed by atoms with Gasteiger partial charge in [-0.1, -0.05) is 23.2 Å². The summed E-state index contributed by atoms with van der Waals surface area (Å²) in [5.41, 5.74) is 0.329. The Morgan fingerprint density at radius 3 is 2.62 bits per heavy atom. The molecule has 0 radical (unpaired) electrons. The molecule has 84 valence electrons. The van der Waals surface area contributed by atoms with Crippen molar-refractivity contribution < 1.29 is 4.79 Å². The van der Waals surface area contributed by atoms with E-state index in [1.54, 1.807) is 6.92 Å². The third kappa shape index (κ3) is 3.69. The minimum absolute atomic E-state index is 0.158. The Balaban J connectivity index is 2.77. The van der Waals surface area contributed by atoms with Gasteiger partial charge < -0.3 is 5.32 Å². The van der Waals surface area contributed by atoms with Gasteiger partial charge in [-0.3, -0.25) is 4.79 Å². The van der Waals surface area contributed by atoms with E-state index in [9.17, 15) is 4.79 Å². The molecule has 1 amide bonds. The average molecular weight is 258 g/mol. The lowest BCUT2D eigenvalue weighted by atomic mass is 10.2. The normalized spacial score (nSPS) is 11.6. The number of halogens is 2. The zero-order valence-electron chi connectivity index (χ0n) is 8.50. The number of carbonyl (C=O) groups excluding carboxylic acids is 1. The fourth-order valence-corrected chi connectivity index (χ4v) is 1.55. The van der Waals surface area contributed by atoms with Gasteiger partial charge in [-0.25, -0.2) is 4.98 Å². The summed E-state index contributed by atoms with van der Waals surface area (Å²) in [4.78, 5) is 15.4. The molecule has 1 N–H and O–H groups in total. The maximum Gasteiger partial charge on any atom is 0.251 e. The Morgan fingerprint density at radius 1 is 1.56 bits per heavy atom. The molecule has 0 saturated heterocycles. The second kappa shape index (κ2) is 5.69. The van der Waals surface area contributed by atoms with Crippen LogP contribution in [-0.2, 0) is 0 Å². The van der Waals surface area contributed by atoms with Crippen molar-refractivity contribution in [3.63, 3.8) is 0 Å². The first-order chi connectivity index (χ1) is 7.52. The zero-order valence-corrected chi connectivity index (χ0v) is 10.0. The summed E-state index contributed by atoms with van der Waals surface area (Å²) in [6, 6.07) is 4.59. The molecule has 1 atom stereocenters. The minimum Gasteiger partial charge on any atom is -0.349 e. The number of amides is 1. The highest BCUT2D eigenvalue weighted by atomic mass is 35.5. The van der Waals surface area contributed by atoms with E-state index in [1.165, 1.54) is 12.1 Å². The van der Waals surface area contributed by atoms with Crippen molar-refractivity contribution in [1.29, 1.82) is 5.26 Å². The van der Waals surface area contributed by atoms with Crippen LogP contribution in [0.2, 0.25) is 10.3 Å². The zero-order chi connectivity index (χ0) is 12.1. The molecule has 0 saturated carbocycles. The number of hydrogen-bond donors (Lipinski definition) is 1. The summed E-state index contributed by atoms with van der Waals surface area (Å²) in [5.74, 6) is -0.325. The van der Waals surface area contributed by atoms with E-state index in [4.69, 9.17) is 28.5 Å². The average Bonchev–Trinajstić information content (AvgIpc) is 2.16. The molecular weight excluding hydrogens is 249 g/mol. The third-order valence-electron chi connectivity index (χ3n) is 1.80. The Kier molecular flexibility index (Phi) is 4.53. The van der Waals surface area contributed by atoms with Crippen LogP contribution in [0.5, 0.6) is 0 Å². The van der Waals surface area contributed by atoms with Crippen LogP contribution in [0.1, 0.15) is 23.7 Å². The Bertz CT molecular complexity index is 422. The number of nitriles is 1. The molecule has 0 spiro atoms. The maximum absolute atomic E-state index is 11.7. The van der Waals surface area contributed by atoms with E-state index in [2.05, 4.69) is 10.3 Å². The van der Waals surface area contributed by atoms with Gasteiger partial charge in [-0.2, -0.15) is 5.26 Å². The molecule has 1 unspecified atom stereocenters. The standard InChI is InChI=1S/C10H9Cl2N3O/c1-6(2-3-13)14-10(16)7-4-8(11)15-9(12)5-7/h4-6H,2H2,1H3,(H,14,16). The van der Waals surface area contributed by atoms with Crippen molar-refractivity contribution in [3.8, 4) is 6.07 Å². The number of aromatic nitrogens is 1. The molecule has 0 fully saturated rings. The van der Waals surface area contributed by atoms with Crippen molar-refractivity contribution in [2.75, 3.05) is 0 Å². The summed E-state index contributed by atoms with van der Waals surface area (Å²) in [5, 5.41) is 11.4. The largest absolute Gasteiger partial charge is 0.349 e. The number of nitrogens with one attached hydrogen (secondary N) is 1. The first-order valence-corrected chi connectivity index (χ1v) is 5.29. The predicted octanol–water partition coefficient (Wildman–Crippen LogP) is 2.42.